The van der Waals surface area contributed by atoms with Crippen LogP contribution in [0.2, 0.25) is 0 Å². The van der Waals surface area contributed by atoms with Crippen LogP contribution in [0.3, 0.4) is 0 Å². The number of carbonyl (C=O) groups is 2. The standard InChI is InChI=1S/C15H20N2O4/c18-14(19)13(11-5-2-1-3-6-11)17-15(20)16-9-8-12-7-4-10-21-12/h1-3,5-6,12-13H,4,7-10H2,(H,18,19)(H2,16,17,20)/t12?,13-/m1/s1. The number of urea groups is 1. The smallest absolute Gasteiger partial charge is 0.330 e. The molecule has 114 valence electrons. The molecule has 1 aliphatic heterocycles. The van der Waals surface area contributed by atoms with Gasteiger partial charge < -0.3 is 20.5 Å². The van der Waals surface area contributed by atoms with Crippen LogP contribution in [0, 0.1) is 0 Å². The predicted octanol–water partition coefficient (Wildman–Crippen LogP) is 1.68. The van der Waals surface area contributed by atoms with Gasteiger partial charge in [0.1, 0.15) is 0 Å². The molecule has 0 aliphatic carbocycles. The fourth-order valence-corrected chi connectivity index (χ4v) is 2.33. The van der Waals surface area contributed by atoms with Gasteiger partial charge in [-0.1, -0.05) is 30.3 Å². The molecular weight excluding hydrogens is 272 g/mol. The number of amides is 2. The molecule has 2 atom stereocenters. The lowest BCUT2D eigenvalue weighted by atomic mass is 10.1. The van der Waals surface area contributed by atoms with E-state index in [0.29, 0.717) is 12.1 Å². The topological polar surface area (TPSA) is 87.7 Å². The first-order chi connectivity index (χ1) is 10.2. The fraction of sp³-hybridized carbons (Fsp3) is 0.467. The minimum Gasteiger partial charge on any atom is -0.479 e. The van der Waals surface area contributed by atoms with Gasteiger partial charge in [-0.25, -0.2) is 9.59 Å². The molecule has 1 aromatic rings. The molecule has 1 heterocycles. The Bertz CT molecular complexity index is 472. The van der Waals surface area contributed by atoms with Crippen LogP contribution in [0.1, 0.15) is 30.9 Å². The van der Waals surface area contributed by atoms with Gasteiger partial charge in [-0.2, -0.15) is 0 Å². The first-order valence-electron chi connectivity index (χ1n) is 7.10. The first kappa shape index (κ1) is 15.3. The van der Waals surface area contributed by atoms with Crippen LogP contribution in [0.4, 0.5) is 4.79 Å². The molecule has 2 amide bonds. The number of benzene rings is 1. The Labute approximate surface area is 123 Å². The van der Waals surface area contributed by atoms with Crippen molar-refractivity contribution < 1.29 is 19.4 Å². The summed E-state index contributed by atoms with van der Waals surface area (Å²) in [5.41, 5.74) is 0.541. The lowest BCUT2D eigenvalue weighted by Gasteiger charge is -2.16. The highest BCUT2D eigenvalue weighted by Gasteiger charge is 2.22. The second-order valence-electron chi connectivity index (χ2n) is 5.01. The van der Waals surface area contributed by atoms with Crippen molar-refractivity contribution in [2.45, 2.75) is 31.4 Å². The third-order valence-corrected chi connectivity index (χ3v) is 3.43. The number of aliphatic carboxylic acids is 1. The van der Waals surface area contributed by atoms with Crippen LogP contribution in [0.15, 0.2) is 30.3 Å². The zero-order valence-electron chi connectivity index (χ0n) is 11.7. The van der Waals surface area contributed by atoms with Crippen LogP contribution in [-0.4, -0.2) is 36.4 Å². The third-order valence-electron chi connectivity index (χ3n) is 3.43. The van der Waals surface area contributed by atoms with Gasteiger partial charge in [-0.3, -0.25) is 0 Å². The van der Waals surface area contributed by atoms with E-state index in [1.54, 1.807) is 30.3 Å². The number of carbonyl (C=O) groups excluding carboxylic acids is 1. The van der Waals surface area contributed by atoms with Crippen molar-refractivity contribution in [3.63, 3.8) is 0 Å². The Morgan fingerprint density at radius 1 is 1.33 bits per heavy atom. The van der Waals surface area contributed by atoms with Crippen molar-refractivity contribution in [1.82, 2.24) is 10.6 Å². The summed E-state index contributed by atoms with van der Waals surface area (Å²) in [4.78, 5) is 23.0. The van der Waals surface area contributed by atoms with Gasteiger partial charge in [0.15, 0.2) is 6.04 Å². The van der Waals surface area contributed by atoms with E-state index in [1.807, 2.05) is 0 Å². The molecular formula is C15H20N2O4. The Balaban J connectivity index is 1.80. The van der Waals surface area contributed by atoms with Gasteiger partial charge in [0.05, 0.1) is 6.10 Å². The number of carboxylic acid groups (broad SMARTS) is 1. The summed E-state index contributed by atoms with van der Waals surface area (Å²) in [5.74, 6) is -1.09. The maximum atomic E-state index is 11.8. The van der Waals surface area contributed by atoms with Crippen molar-refractivity contribution in [3.8, 4) is 0 Å². The maximum absolute atomic E-state index is 11.8. The SMILES string of the molecule is O=C(NCCC1CCCO1)N[C@@H](C(=O)O)c1ccccc1. The van der Waals surface area contributed by atoms with Gasteiger partial charge in [-0.05, 0) is 24.8 Å². The monoisotopic (exact) mass is 292 g/mol. The molecule has 1 unspecified atom stereocenters. The van der Waals surface area contributed by atoms with Crippen LogP contribution in [0.5, 0.6) is 0 Å². The average Bonchev–Trinajstić information content (AvgIpc) is 2.98. The molecule has 1 fully saturated rings. The van der Waals surface area contributed by atoms with Gasteiger partial charge in [-0.15, -0.1) is 0 Å². The van der Waals surface area contributed by atoms with E-state index in [9.17, 15) is 14.7 Å². The van der Waals surface area contributed by atoms with Gasteiger partial charge in [0.2, 0.25) is 0 Å². The molecule has 0 radical (unpaired) electrons. The van der Waals surface area contributed by atoms with Crippen molar-refractivity contribution in [3.05, 3.63) is 35.9 Å². The molecule has 2 rings (SSSR count). The van der Waals surface area contributed by atoms with Crippen LogP contribution < -0.4 is 10.6 Å². The van der Waals surface area contributed by atoms with Crippen molar-refractivity contribution in [2.75, 3.05) is 13.2 Å². The summed E-state index contributed by atoms with van der Waals surface area (Å²) >= 11 is 0. The van der Waals surface area contributed by atoms with E-state index in [-0.39, 0.29) is 6.10 Å². The number of rotatable bonds is 6. The Morgan fingerprint density at radius 2 is 2.10 bits per heavy atom. The molecule has 21 heavy (non-hydrogen) atoms. The minimum absolute atomic E-state index is 0.203. The normalized spacial score (nSPS) is 19.0. The van der Waals surface area contributed by atoms with Gasteiger partial charge in [0.25, 0.3) is 0 Å². The highest BCUT2D eigenvalue weighted by atomic mass is 16.5. The number of nitrogens with one attached hydrogen (secondary N) is 2. The van der Waals surface area contributed by atoms with E-state index in [1.165, 1.54) is 0 Å². The maximum Gasteiger partial charge on any atom is 0.330 e. The number of ether oxygens (including phenoxy) is 1. The average molecular weight is 292 g/mol. The second-order valence-corrected chi connectivity index (χ2v) is 5.01. The molecule has 0 bridgehead atoms. The molecule has 6 nitrogen and oxygen atoms in total. The molecule has 3 N–H and O–H groups in total. The van der Waals surface area contributed by atoms with Crippen LogP contribution >= 0.6 is 0 Å². The van der Waals surface area contributed by atoms with Gasteiger partial charge in [0, 0.05) is 13.2 Å². The van der Waals surface area contributed by atoms with Crippen LogP contribution in [0.25, 0.3) is 0 Å². The summed E-state index contributed by atoms with van der Waals surface area (Å²) in [6, 6.07) is 7.09. The molecule has 0 aromatic heterocycles. The van der Waals surface area contributed by atoms with Crippen LogP contribution in [-0.2, 0) is 9.53 Å². The molecule has 1 aliphatic rings. The summed E-state index contributed by atoms with van der Waals surface area (Å²) < 4.78 is 5.46. The second kappa shape index (κ2) is 7.64. The highest BCUT2D eigenvalue weighted by molar-refractivity contribution is 5.83. The van der Waals surface area contributed by atoms with Crippen molar-refractivity contribution >= 4 is 12.0 Å². The minimum atomic E-state index is -1.09. The van der Waals surface area contributed by atoms with E-state index in [0.717, 1.165) is 25.9 Å². The largest absolute Gasteiger partial charge is 0.479 e. The summed E-state index contributed by atoms with van der Waals surface area (Å²) in [6.07, 6.45) is 3.03. The summed E-state index contributed by atoms with van der Waals surface area (Å²) in [5, 5.41) is 14.4. The third kappa shape index (κ3) is 4.75. The molecule has 6 heteroatoms. The summed E-state index contributed by atoms with van der Waals surface area (Å²) in [7, 11) is 0. The number of hydrogen-bond acceptors (Lipinski definition) is 3. The highest BCUT2D eigenvalue weighted by Crippen LogP contribution is 2.14. The van der Waals surface area contributed by atoms with E-state index in [2.05, 4.69) is 10.6 Å². The van der Waals surface area contributed by atoms with E-state index < -0.39 is 18.0 Å². The van der Waals surface area contributed by atoms with E-state index >= 15 is 0 Å². The number of hydrogen-bond donors (Lipinski definition) is 3. The number of carboxylic acids is 1. The zero-order valence-corrected chi connectivity index (χ0v) is 11.7. The van der Waals surface area contributed by atoms with Crippen molar-refractivity contribution in [1.29, 1.82) is 0 Å². The molecule has 1 saturated heterocycles. The molecule has 1 aromatic carbocycles. The Kier molecular flexibility index (Phi) is 5.57. The van der Waals surface area contributed by atoms with E-state index in [4.69, 9.17) is 4.74 Å². The molecule has 0 saturated carbocycles. The Morgan fingerprint density at radius 3 is 2.71 bits per heavy atom. The summed E-state index contributed by atoms with van der Waals surface area (Å²) in [6.45, 7) is 1.25. The quantitative estimate of drug-likeness (QED) is 0.744. The van der Waals surface area contributed by atoms with Gasteiger partial charge >= 0.3 is 12.0 Å². The lowest BCUT2D eigenvalue weighted by Crippen LogP contribution is -2.41. The zero-order chi connectivity index (χ0) is 15.1. The first-order valence-corrected chi connectivity index (χ1v) is 7.10. The Hall–Kier alpha value is -2.08. The fourth-order valence-electron chi connectivity index (χ4n) is 2.33. The molecule has 0 spiro atoms. The predicted molar refractivity (Wildman–Crippen MR) is 76.9 cm³/mol. The van der Waals surface area contributed by atoms with Crippen molar-refractivity contribution in [2.24, 2.45) is 0 Å². The lowest BCUT2D eigenvalue weighted by molar-refractivity contribution is -0.139.